The van der Waals surface area contributed by atoms with Crippen LogP contribution >= 0.6 is 20.1 Å². The molecule has 1 aliphatic carbocycles. The van der Waals surface area contributed by atoms with Crippen molar-refractivity contribution in [1.82, 2.24) is 5.32 Å². The summed E-state index contributed by atoms with van der Waals surface area (Å²) in [6, 6.07) is 26.6. The lowest BCUT2D eigenvalue weighted by Crippen LogP contribution is -2.48. The molecule has 0 aromatic heterocycles. The van der Waals surface area contributed by atoms with Crippen molar-refractivity contribution in [3.8, 4) is 0 Å². The topological polar surface area (TPSA) is 24.1 Å². The lowest BCUT2D eigenvalue weighted by Gasteiger charge is -2.43. The molecule has 2 N–H and O–H groups in total. The van der Waals surface area contributed by atoms with E-state index in [1.165, 1.54) is 22.7 Å². The molecule has 0 spiro atoms. The van der Waals surface area contributed by atoms with Gasteiger partial charge in [0.1, 0.15) is 0 Å². The van der Waals surface area contributed by atoms with Gasteiger partial charge in [-0.3, -0.25) is 0 Å². The van der Waals surface area contributed by atoms with Crippen molar-refractivity contribution in [3.05, 3.63) is 90.5 Å². The van der Waals surface area contributed by atoms with Crippen LogP contribution in [0.4, 0.5) is 18.9 Å². The molecule has 0 heterocycles. The highest BCUT2D eigenvalue weighted by molar-refractivity contribution is 7.80. The van der Waals surface area contributed by atoms with E-state index in [-0.39, 0.29) is 11.2 Å². The van der Waals surface area contributed by atoms with Crippen molar-refractivity contribution in [2.24, 2.45) is 5.92 Å². The van der Waals surface area contributed by atoms with Crippen molar-refractivity contribution < 1.29 is 13.2 Å². The Morgan fingerprint density at radius 3 is 2.00 bits per heavy atom. The van der Waals surface area contributed by atoms with Crippen LogP contribution in [0.25, 0.3) is 0 Å². The molecule has 0 bridgehead atoms. The highest BCUT2D eigenvalue weighted by Crippen LogP contribution is 2.59. The Morgan fingerprint density at radius 2 is 1.49 bits per heavy atom. The minimum Gasteiger partial charge on any atom is -0.360 e. The minimum absolute atomic E-state index is 0.0778. The van der Waals surface area contributed by atoms with Crippen molar-refractivity contribution in [3.63, 3.8) is 0 Å². The first-order valence-electron chi connectivity index (χ1n) is 11.8. The maximum Gasteiger partial charge on any atom is 0.416 e. The van der Waals surface area contributed by atoms with Gasteiger partial charge in [0.25, 0.3) is 0 Å². The van der Waals surface area contributed by atoms with Crippen LogP contribution in [0.5, 0.6) is 0 Å². The number of hydrogen-bond acceptors (Lipinski definition) is 1. The van der Waals surface area contributed by atoms with Crippen LogP contribution in [0.2, 0.25) is 0 Å². The molecule has 184 valence electrons. The van der Waals surface area contributed by atoms with E-state index in [4.69, 9.17) is 12.2 Å². The van der Waals surface area contributed by atoms with Gasteiger partial charge in [0.15, 0.2) is 5.11 Å². The van der Waals surface area contributed by atoms with E-state index >= 15 is 0 Å². The summed E-state index contributed by atoms with van der Waals surface area (Å²) in [5.74, 6) is 0.390. The van der Waals surface area contributed by atoms with E-state index in [0.717, 1.165) is 31.4 Å². The largest absolute Gasteiger partial charge is 0.416 e. The third-order valence-electron chi connectivity index (χ3n) is 6.97. The Balaban J connectivity index is 1.52. The minimum atomic E-state index is -4.35. The number of nitrogens with one attached hydrogen (secondary N) is 2. The van der Waals surface area contributed by atoms with E-state index in [1.807, 2.05) is 0 Å². The Morgan fingerprint density at radius 1 is 0.943 bits per heavy atom. The number of thiocarbonyl (C=S) groups is 1. The van der Waals surface area contributed by atoms with Gasteiger partial charge in [-0.15, -0.1) is 0 Å². The van der Waals surface area contributed by atoms with Gasteiger partial charge in [-0.1, -0.05) is 74.0 Å². The lowest BCUT2D eigenvalue weighted by molar-refractivity contribution is -0.137. The average Bonchev–Trinajstić information content (AvgIpc) is 3.22. The Bertz CT molecular complexity index is 1080. The highest BCUT2D eigenvalue weighted by atomic mass is 32.1. The van der Waals surface area contributed by atoms with Crippen molar-refractivity contribution in [1.29, 1.82) is 0 Å². The van der Waals surface area contributed by atoms with Crippen LogP contribution in [0, 0.1) is 5.92 Å². The van der Waals surface area contributed by atoms with Gasteiger partial charge in [0.2, 0.25) is 0 Å². The highest BCUT2D eigenvalue weighted by Gasteiger charge is 2.48. The molecule has 1 unspecified atom stereocenters. The third kappa shape index (κ3) is 5.87. The molecular formula is C28H30F3N2PS. The van der Waals surface area contributed by atoms with Crippen molar-refractivity contribution in [2.45, 2.75) is 50.5 Å². The van der Waals surface area contributed by atoms with Crippen LogP contribution in [-0.4, -0.2) is 16.3 Å². The van der Waals surface area contributed by atoms with Gasteiger partial charge in [-0.2, -0.15) is 13.2 Å². The first kappa shape index (κ1) is 25.7. The predicted molar refractivity (Wildman–Crippen MR) is 145 cm³/mol. The van der Waals surface area contributed by atoms with Gasteiger partial charge >= 0.3 is 6.18 Å². The van der Waals surface area contributed by atoms with Crippen molar-refractivity contribution >= 4 is 41.5 Å². The zero-order valence-corrected chi connectivity index (χ0v) is 21.6. The van der Waals surface area contributed by atoms with Gasteiger partial charge < -0.3 is 10.6 Å². The predicted octanol–water partition coefficient (Wildman–Crippen LogP) is 7.07. The molecule has 1 fully saturated rings. The van der Waals surface area contributed by atoms with Crippen molar-refractivity contribution in [2.75, 3.05) is 5.32 Å². The first-order chi connectivity index (χ1) is 16.7. The number of hydrogen-bond donors (Lipinski definition) is 2. The maximum absolute atomic E-state index is 12.9. The van der Waals surface area contributed by atoms with E-state index in [1.54, 1.807) is 0 Å². The zero-order chi connectivity index (χ0) is 25.1. The molecule has 1 saturated carbocycles. The number of rotatable bonds is 6. The second-order valence-corrected chi connectivity index (χ2v) is 12.5. The van der Waals surface area contributed by atoms with Crippen LogP contribution in [0.3, 0.4) is 0 Å². The Hall–Kier alpha value is -2.43. The van der Waals surface area contributed by atoms with E-state index in [2.05, 4.69) is 85.1 Å². The van der Waals surface area contributed by atoms with Crippen LogP contribution < -0.4 is 21.2 Å². The first-order valence-corrected chi connectivity index (χ1v) is 13.6. The lowest BCUT2D eigenvalue weighted by atomic mass is 9.90. The summed E-state index contributed by atoms with van der Waals surface area (Å²) in [6.07, 6.45) is -0.955. The SMILES string of the molecule is C[C@@H](NC(=S)Nc1ccc(C(F)(F)F)cc1)[C@@H]1CCCC1(C)P(c1ccccc1)c1ccccc1. The summed E-state index contributed by atoms with van der Waals surface area (Å²) < 4.78 is 38.6. The molecule has 2 nitrogen and oxygen atoms in total. The summed E-state index contributed by atoms with van der Waals surface area (Å²) >= 11 is 5.54. The van der Waals surface area contributed by atoms with Gasteiger partial charge in [0, 0.05) is 16.9 Å². The smallest absolute Gasteiger partial charge is 0.360 e. The fraction of sp³-hybridized carbons (Fsp3) is 0.321. The molecule has 1 aliphatic rings. The average molecular weight is 515 g/mol. The normalized spacial score (nSPS) is 21.0. The summed E-state index contributed by atoms with van der Waals surface area (Å²) in [4.78, 5) is 0. The van der Waals surface area contributed by atoms with Crippen LogP contribution in [0.15, 0.2) is 84.9 Å². The van der Waals surface area contributed by atoms with E-state index in [0.29, 0.717) is 16.7 Å². The Kier molecular flexibility index (Phi) is 7.83. The van der Waals surface area contributed by atoms with Crippen LogP contribution in [-0.2, 0) is 6.18 Å². The number of benzene rings is 3. The number of anilines is 1. The molecule has 3 atom stereocenters. The molecule has 35 heavy (non-hydrogen) atoms. The fourth-order valence-electron chi connectivity index (χ4n) is 5.35. The summed E-state index contributed by atoms with van der Waals surface area (Å²) in [5.41, 5.74) is -0.139. The van der Waals surface area contributed by atoms with Crippen LogP contribution in [0.1, 0.15) is 38.7 Å². The third-order valence-corrected chi connectivity index (χ3v) is 10.4. The molecule has 0 radical (unpaired) electrons. The molecule has 0 saturated heterocycles. The molecule has 3 aromatic rings. The van der Waals surface area contributed by atoms with E-state index in [9.17, 15) is 13.2 Å². The number of halogens is 3. The van der Waals surface area contributed by atoms with Gasteiger partial charge in [-0.25, -0.2) is 0 Å². The molecular weight excluding hydrogens is 484 g/mol. The molecule has 4 rings (SSSR count). The molecule has 0 aliphatic heterocycles. The summed E-state index contributed by atoms with van der Waals surface area (Å²) in [7, 11) is -0.604. The maximum atomic E-state index is 12.9. The number of alkyl halides is 3. The van der Waals surface area contributed by atoms with Gasteiger partial charge in [-0.05, 0) is 80.7 Å². The Labute approximate surface area is 212 Å². The molecule has 3 aromatic carbocycles. The monoisotopic (exact) mass is 514 g/mol. The second kappa shape index (κ2) is 10.7. The quantitative estimate of drug-likeness (QED) is 0.272. The van der Waals surface area contributed by atoms with Gasteiger partial charge in [0.05, 0.1) is 5.56 Å². The fourth-order valence-corrected chi connectivity index (χ4v) is 9.14. The standard InChI is InChI=1S/C28H30F3N2PS/c1-20(32-26(35)33-22-17-15-21(16-18-22)28(29,30)31)25-14-9-19-27(25,2)34(23-10-5-3-6-11-23)24-12-7-4-8-13-24/h3-8,10-13,15-18,20,25H,9,14,19H2,1-2H3,(H2,32,33,35)/t20-,25+,27?/m1/s1. The molecule has 7 heteroatoms. The summed E-state index contributed by atoms with van der Waals surface area (Å²) in [6.45, 7) is 4.58. The van der Waals surface area contributed by atoms with E-state index < -0.39 is 19.7 Å². The second-order valence-electron chi connectivity index (χ2n) is 9.32. The zero-order valence-electron chi connectivity index (χ0n) is 19.8. The molecule has 0 amide bonds. The summed E-state index contributed by atoms with van der Waals surface area (Å²) in [5, 5.41) is 9.75.